The minimum Gasteiger partial charge on any atom is -0.481 e. The second-order valence-electron chi connectivity index (χ2n) is 9.90. The topological polar surface area (TPSA) is 134 Å². The Bertz CT molecular complexity index is 1360. The molecule has 4 aliphatic heterocycles. The van der Waals surface area contributed by atoms with Crippen molar-refractivity contribution in [3.63, 3.8) is 0 Å². The van der Waals surface area contributed by atoms with Gasteiger partial charge in [0.15, 0.2) is 11.5 Å². The number of carboxylic acid groups (broad SMARTS) is 1. The fourth-order valence-corrected chi connectivity index (χ4v) is 6.22. The average Bonchev–Trinajstić information content (AvgIpc) is 3.55. The number of likely N-dealkylation sites (tertiary alicyclic amines) is 1. The Hall–Kier alpha value is -3.92. The smallest absolute Gasteiger partial charge is 0.303 e. The number of carbonyl (C=O) groups excluding carboxylic acids is 3. The Kier molecular flexibility index (Phi) is 4.88. The molecular weight excluding hydrogens is 466 g/mol. The molecule has 0 aliphatic carbocycles. The highest BCUT2D eigenvalue weighted by molar-refractivity contribution is 6.15. The highest BCUT2D eigenvalue weighted by Gasteiger charge is 2.70. The fraction of sp³-hybridized carbons (Fsp3) is 0.385. The van der Waals surface area contributed by atoms with Gasteiger partial charge in [0.25, 0.3) is 0 Å². The van der Waals surface area contributed by atoms with Crippen LogP contribution >= 0.6 is 0 Å². The van der Waals surface area contributed by atoms with Crippen molar-refractivity contribution in [2.75, 3.05) is 12.1 Å². The Morgan fingerprint density at radius 3 is 2.67 bits per heavy atom. The Morgan fingerprint density at radius 1 is 1.11 bits per heavy atom. The molecule has 0 bridgehead atoms. The van der Waals surface area contributed by atoms with Crippen LogP contribution in [0.15, 0.2) is 30.3 Å². The maximum atomic E-state index is 13.9. The standard InChI is InChI=1S/C26H25N3O7/c1-12-7-13(2)22-15(8-12)26(25(34)27-22)21-20(16(28-26)4-6-19(30)31)23(32)29(24(21)33)10-14-3-5-17-18(9-14)36-11-35-17/h3,5,7-9,16,20-21,28H,4,6,10-11H2,1-2H3,(H,27,34)(H,30,31)/t16-,20-,21+,26-/m1/s1. The molecule has 2 fully saturated rings. The van der Waals surface area contributed by atoms with Crippen molar-refractivity contribution in [2.45, 2.75) is 44.8 Å². The lowest BCUT2D eigenvalue weighted by Crippen LogP contribution is -2.53. The minimum atomic E-state index is -1.45. The van der Waals surface area contributed by atoms with Gasteiger partial charge in [-0.3, -0.25) is 29.4 Å². The quantitative estimate of drug-likeness (QED) is 0.540. The van der Waals surface area contributed by atoms with E-state index in [1.54, 1.807) is 18.2 Å². The molecule has 36 heavy (non-hydrogen) atoms. The Morgan fingerprint density at radius 2 is 1.89 bits per heavy atom. The van der Waals surface area contributed by atoms with Crippen molar-refractivity contribution in [1.29, 1.82) is 0 Å². The van der Waals surface area contributed by atoms with Gasteiger partial charge in [-0.1, -0.05) is 23.8 Å². The van der Waals surface area contributed by atoms with E-state index in [0.29, 0.717) is 28.3 Å². The fourth-order valence-electron chi connectivity index (χ4n) is 6.22. The van der Waals surface area contributed by atoms with Crippen molar-refractivity contribution in [3.8, 4) is 11.5 Å². The van der Waals surface area contributed by atoms with Gasteiger partial charge >= 0.3 is 5.97 Å². The van der Waals surface area contributed by atoms with Gasteiger partial charge < -0.3 is 19.9 Å². The SMILES string of the molecule is Cc1cc(C)c2c(c1)[C@]1(N[C@H](CCC(=O)O)[C@H]3C(=O)N(Cc4ccc5c(c4)OCO5)C(=O)[C@H]31)C(=O)N2. The molecule has 0 aromatic heterocycles. The number of aryl methyl sites for hydroxylation is 2. The summed E-state index contributed by atoms with van der Waals surface area (Å²) in [5.41, 5.74) is 2.28. The van der Waals surface area contributed by atoms with Crippen LogP contribution in [0.3, 0.4) is 0 Å². The summed E-state index contributed by atoms with van der Waals surface area (Å²) in [5.74, 6) is -2.97. The summed E-state index contributed by atoms with van der Waals surface area (Å²) in [6.45, 7) is 3.92. The van der Waals surface area contributed by atoms with Gasteiger partial charge in [-0.15, -0.1) is 0 Å². The van der Waals surface area contributed by atoms with Gasteiger partial charge in [0.05, 0.1) is 18.4 Å². The highest BCUT2D eigenvalue weighted by atomic mass is 16.7. The third kappa shape index (κ3) is 3.07. The highest BCUT2D eigenvalue weighted by Crippen LogP contribution is 2.54. The molecule has 2 aromatic carbocycles. The number of anilines is 1. The number of ether oxygens (including phenoxy) is 2. The molecule has 0 saturated carbocycles. The predicted molar refractivity (Wildman–Crippen MR) is 125 cm³/mol. The molecule has 10 nitrogen and oxygen atoms in total. The number of carbonyl (C=O) groups is 4. The molecule has 6 rings (SSSR count). The van der Waals surface area contributed by atoms with E-state index in [1.165, 1.54) is 4.90 Å². The molecule has 10 heteroatoms. The zero-order valence-corrected chi connectivity index (χ0v) is 19.8. The molecular formula is C26H25N3O7. The van der Waals surface area contributed by atoms with Gasteiger partial charge in [0.1, 0.15) is 5.54 Å². The van der Waals surface area contributed by atoms with Crippen LogP contribution in [0.5, 0.6) is 11.5 Å². The van der Waals surface area contributed by atoms with E-state index in [4.69, 9.17) is 9.47 Å². The van der Waals surface area contributed by atoms with Crippen molar-refractivity contribution >= 4 is 29.4 Å². The van der Waals surface area contributed by atoms with E-state index in [2.05, 4.69) is 10.6 Å². The van der Waals surface area contributed by atoms with Gasteiger partial charge in [0.2, 0.25) is 24.5 Å². The van der Waals surface area contributed by atoms with Gasteiger partial charge in [-0.25, -0.2) is 0 Å². The van der Waals surface area contributed by atoms with E-state index >= 15 is 0 Å². The Labute approximate surface area is 206 Å². The number of hydrogen-bond acceptors (Lipinski definition) is 7. The lowest BCUT2D eigenvalue weighted by Gasteiger charge is -2.30. The minimum absolute atomic E-state index is 0.0182. The summed E-state index contributed by atoms with van der Waals surface area (Å²) in [5, 5.41) is 15.5. The number of carboxylic acids is 1. The van der Waals surface area contributed by atoms with Crippen LogP contribution in [0.1, 0.15) is 35.1 Å². The summed E-state index contributed by atoms with van der Waals surface area (Å²) in [7, 11) is 0. The van der Waals surface area contributed by atoms with Gasteiger partial charge in [-0.05, 0) is 43.5 Å². The van der Waals surface area contributed by atoms with E-state index in [0.717, 1.165) is 11.1 Å². The third-order valence-corrected chi connectivity index (χ3v) is 7.70. The lowest BCUT2D eigenvalue weighted by atomic mass is 9.75. The number of imide groups is 1. The van der Waals surface area contributed by atoms with Crippen LogP contribution in [0.2, 0.25) is 0 Å². The number of hydrogen-bond donors (Lipinski definition) is 3. The molecule has 4 heterocycles. The molecule has 186 valence electrons. The van der Waals surface area contributed by atoms with Crippen molar-refractivity contribution in [3.05, 3.63) is 52.6 Å². The number of fused-ring (bicyclic) bond motifs is 5. The summed E-state index contributed by atoms with van der Waals surface area (Å²) >= 11 is 0. The molecule has 4 aliphatic rings. The number of rotatable bonds is 5. The van der Waals surface area contributed by atoms with Crippen molar-refractivity contribution in [2.24, 2.45) is 11.8 Å². The summed E-state index contributed by atoms with van der Waals surface area (Å²) < 4.78 is 10.8. The zero-order chi connectivity index (χ0) is 25.4. The van der Waals surface area contributed by atoms with Crippen LogP contribution < -0.4 is 20.1 Å². The molecule has 0 radical (unpaired) electrons. The van der Waals surface area contributed by atoms with Crippen LogP contribution in [-0.4, -0.2) is 46.5 Å². The van der Waals surface area contributed by atoms with E-state index in [1.807, 2.05) is 26.0 Å². The van der Waals surface area contributed by atoms with Crippen LogP contribution in [-0.2, 0) is 31.3 Å². The average molecular weight is 492 g/mol. The molecule has 4 atom stereocenters. The monoisotopic (exact) mass is 491 g/mol. The number of aliphatic carboxylic acids is 1. The normalized spacial score (nSPS) is 27.6. The second-order valence-corrected chi connectivity index (χ2v) is 9.90. The Balaban J connectivity index is 1.42. The summed E-state index contributed by atoms with van der Waals surface area (Å²) in [6, 6.07) is 8.39. The number of benzene rings is 2. The van der Waals surface area contributed by atoms with E-state index in [9.17, 15) is 24.3 Å². The first kappa shape index (κ1) is 22.5. The van der Waals surface area contributed by atoms with Crippen molar-refractivity contribution in [1.82, 2.24) is 10.2 Å². The largest absolute Gasteiger partial charge is 0.481 e. The van der Waals surface area contributed by atoms with Crippen LogP contribution in [0.4, 0.5) is 5.69 Å². The maximum Gasteiger partial charge on any atom is 0.303 e. The van der Waals surface area contributed by atoms with E-state index in [-0.39, 0.29) is 26.2 Å². The molecule has 1 spiro atoms. The summed E-state index contributed by atoms with van der Waals surface area (Å²) in [6.07, 6.45) is -0.0789. The van der Waals surface area contributed by atoms with Gasteiger partial charge in [-0.2, -0.15) is 0 Å². The molecule has 3 N–H and O–H groups in total. The first-order chi connectivity index (χ1) is 17.2. The number of nitrogens with one attached hydrogen (secondary N) is 2. The molecule has 2 saturated heterocycles. The number of nitrogens with zero attached hydrogens (tertiary/aromatic N) is 1. The van der Waals surface area contributed by atoms with Crippen LogP contribution in [0.25, 0.3) is 0 Å². The molecule has 2 aromatic rings. The first-order valence-electron chi connectivity index (χ1n) is 11.9. The van der Waals surface area contributed by atoms with Gasteiger partial charge in [0, 0.05) is 23.7 Å². The zero-order valence-electron chi connectivity index (χ0n) is 19.8. The summed E-state index contributed by atoms with van der Waals surface area (Å²) in [4.78, 5) is 53.8. The maximum absolute atomic E-state index is 13.9. The second kappa shape index (κ2) is 7.79. The van der Waals surface area contributed by atoms with Crippen LogP contribution in [0, 0.1) is 25.7 Å². The van der Waals surface area contributed by atoms with E-state index < -0.39 is 47.1 Å². The predicted octanol–water partition coefficient (Wildman–Crippen LogP) is 1.82. The third-order valence-electron chi connectivity index (χ3n) is 7.70. The first-order valence-corrected chi connectivity index (χ1v) is 11.9. The molecule has 3 amide bonds. The lowest BCUT2D eigenvalue weighted by molar-refractivity contribution is -0.144. The molecule has 0 unspecified atom stereocenters. The van der Waals surface area contributed by atoms with Crippen molar-refractivity contribution < 1.29 is 33.8 Å². The number of amides is 3.